The van der Waals surface area contributed by atoms with Gasteiger partial charge < -0.3 is 10.4 Å². The smallest absolute Gasteiger partial charge is 0.340 e. The lowest BCUT2D eigenvalue weighted by atomic mass is 10.2. The van der Waals surface area contributed by atoms with E-state index in [1.54, 1.807) is 6.92 Å². The Balaban J connectivity index is 4.48. The number of allylic oxidation sites excluding steroid dienone is 1. The van der Waals surface area contributed by atoms with Gasteiger partial charge in [-0.25, -0.2) is 4.79 Å². The molecule has 0 rings (SSSR count). The summed E-state index contributed by atoms with van der Waals surface area (Å²) < 4.78 is 0. The number of rotatable bonds is 3. The number of carbonyl (C=O) groups excluding carboxylic acids is 1. The Bertz CT molecular complexity index is 196. The lowest BCUT2D eigenvalue weighted by Crippen LogP contribution is -2.24. The number of hydrogen-bond acceptors (Lipinski definition) is 2. The van der Waals surface area contributed by atoms with E-state index < -0.39 is 11.9 Å². The molecule has 0 radical (unpaired) electrons. The molecule has 0 aromatic heterocycles. The van der Waals surface area contributed by atoms with Gasteiger partial charge in [0.15, 0.2) is 0 Å². The first kappa shape index (κ1) is 9.68. The van der Waals surface area contributed by atoms with E-state index in [1.807, 2.05) is 0 Å². The molecule has 1 amide bonds. The summed E-state index contributed by atoms with van der Waals surface area (Å²) >= 11 is 0. The Morgan fingerprint density at radius 2 is 2.09 bits per heavy atom. The molecular formula is C7H11NO3. The maximum atomic E-state index is 10.8. The van der Waals surface area contributed by atoms with E-state index in [4.69, 9.17) is 5.11 Å². The molecule has 0 aliphatic heterocycles. The molecule has 0 heterocycles. The van der Waals surface area contributed by atoms with E-state index in [9.17, 15) is 9.59 Å². The fraction of sp³-hybridized carbons (Fsp3) is 0.429. The van der Waals surface area contributed by atoms with Gasteiger partial charge in [0, 0.05) is 7.05 Å². The maximum absolute atomic E-state index is 10.8. The first-order chi connectivity index (χ1) is 5.13. The van der Waals surface area contributed by atoms with Crippen molar-refractivity contribution in [2.24, 2.45) is 0 Å². The molecule has 0 aliphatic carbocycles. The number of carboxylic acids is 1. The maximum Gasteiger partial charge on any atom is 0.340 e. The molecule has 2 N–H and O–H groups in total. The summed E-state index contributed by atoms with van der Waals surface area (Å²) in [6, 6.07) is 0. The summed E-state index contributed by atoms with van der Waals surface area (Å²) in [5.74, 6) is -1.74. The molecule has 4 nitrogen and oxygen atoms in total. The summed E-state index contributed by atoms with van der Waals surface area (Å²) in [5.41, 5.74) is -0.199. The highest BCUT2D eigenvalue weighted by Gasteiger charge is 2.13. The molecule has 0 aromatic rings. The first-order valence-electron chi connectivity index (χ1n) is 3.29. The second-order valence-corrected chi connectivity index (χ2v) is 1.91. The molecule has 0 saturated carbocycles. The monoisotopic (exact) mass is 157 g/mol. The van der Waals surface area contributed by atoms with Gasteiger partial charge in [0.25, 0.3) is 5.91 Å². The van der Waals surface area contributed by atoms with Crippen LogP contribution in [0, 0.1) is 0 Å². The standard InChI is InChI=1S/C7H11NO3/c1-3-4-5(7(10)11)6(9)8-2/h4H,3H2,1-2H3,(H,8,9)(H,10,11)/b5-4+. The van der Waals surface area contributed by atoms with Crippen molar-refractivity contribution in [2.75, 3.05) is 7.05 Å². The minimum absolute atomic E-state index is 0.199. The predicted molar refractivity (Wildman–Crippen MR) is 40.1 cm³/mol. The highest BCUT2D eigenvalue weighted by molar-refractivity contribution is 6.15. The molecule has 0 aliphatic rings. The molecule has 0 saturated heterocycles. The van der Waals surface area contributed by atoms with Gasteiger partial charge in [-0.2, -0.15) is 0 Å². The number of aliphatic carboxylic acids is 1. The second kappa shape index (κ2) is 4.49. The van der Waals surface area contributed by atoms with Crippen LogP contribution in [0.25, 0.3) is 0 Å². The number of amides is 1. The van der Waals surface area contributed by atoms with Crippen LogP contribution in [0.15, 0.2) is 11.6 Å². The van der Waals surface area contributed by atoms with Gasteiger partial charge in [-0.05, 0) is 6.42 Å². The number of nitrogens with one attached hydrogen (secondary N) is 1. The summed E-state index contributed by atoms with van der Waals surface area (Å²) in [4.78, 5) is 21.1. The average Bonchev–Trinajstić information content (AvgIpc) is 1.98. The van der Waals surface area contributed by atoms with Crippen molar-refractivity contribution < 1.29 is 14.7 Å². The Labute approximate surface area is 64.9 Å². The van der Waals surface area contributed by atoms with Gasteiger partial charge in [-0.1, -0.05) is 13.0 Å². The highest BCUT2D eigenvalue weighted by Crippen LogP contribution is 1.96. The number of likely N-dealkylation sites (N-methyl/N-ethyl adjacent to an activating group) is 1. The highest BCUT2D eigenvalue weighted by atomic mass is 16.4. The Kier molecular flexibility index (Phi) is 3.95. The van der Waals surface area contributed by atoms with Crippen LogP contribution < -0.4 is 5.32 Å². The number of carboxylic acid groups (broad SMARTS) is 1. The van der Waals surface area contributed by atoms with E-state index in [0.29, 0.717) is 6.42 Å². The van der Waals surface area contributed by atoms with Gasteiger partial charge in [-0.3, -0.25) is 4.79 Å². The van der Waals surface area contributed by atoms with Crippen LogP contribution >= 0.6 is 0 Å². The summed E-state index contributed by atoms with van der Waals surface area (Å²) in [5, 5.41) is 10.7. The van der Waals surface area contributed by atoms with E-state index in [-0.39, 0.29) is 5.57 Å². The summed E-state index contributed by atoms with van der Waals surface area (Å²) in [7, 11) is 1.40. The van der Waals surface area contributed by atoms with Crippen LogP contribution in [0.3, 0.4) is 0 Å². The summed E-state index contributed by atoms with van der Waals surface area (Å²) in [6.07, 6.45) is 1.91. The zero-order valence-electron chi connectivity index (χ0n) is 6.55. The van der Waals surface area contributed by atoms with E-state index in [2.05, 4.69) is 5.32 Å². The first-order valence-corrected chi connectivity index (χ1v) is 3.29. The summed E-state index contributed by atoms with van der Waals surface area (Å²) in [6.45, 7) is 1.77. The number of carbonyl (C=O) groups is 2. The van der Waals surface area contributed by atoms with Crippen molar-refractivity contribution in [1.82, 2.24) is 5.32 Å². The quantitative estimate of drug-likeness (QED) is 0.348. The van der Waals surface area contributed by atoms with Crippen LogP contribution in [0.5, 0.6) is 0 Å². The van der Waals surface area contributed by atoms with E-state index in [1.165, 1.54) is 13.1 Å². The molecule has 4 heteroatoms. The zero-order valence-corrected chi connectivity index (χ0v) is 6.55. The SMILES string of the molecule is CC/C=C(/C(=O)O)C(=O)NC. The molecule has 11 heavy (non-hydrogen) atoms. The van der Waals surface area contributed by atoms with Crippen LogP contribution in [0.1, 0.15) is 13.3 Å². The molecule has 0 atom stereocenters. The molecule has 62 valence electrons. The van der Waals surface area contributed by atoms with Gasteiger partial charge in [-0.15, -0.1) is 0 Å². The minimum Gasteiger partial charge on any atom is -0.478 e. The van der Waals surface area contributed by atoms with E-state index in [0.717, 1.165) is 0 Å². The van der Waals surface area contributed by atoms with Crippen molar-refractivity contribution in [2.45, 2.75) is 13.3 Å². The largest absolute Gasteiger partial charge is 0.478 e. The van der Waals surface area contributed by atoms with Crippen LogP contribution in [0.2, 0.25) is 0 Å². The third kappa shape index (κ3) is 2.84. The second-order valence-electron chi connectivity index (χ2n) is 1.91. The van der Waals surface area contributed by atoms with Crippen molar-refractivity contribution in [3.8, 4) is 0 Å². The minimum atomic E-state index is -1.19. The number of hydrogen-bond donors (Lipinski definition) is 2. The molecule has 0 aromatic carbocycles. The van der Waals surface area contributed by atoms with Gasteiger partial charge in [0.2, 0.25) is 0 Å². The zero-order chi connectivity index (χ0) is 8.85. The Morgan fingerprint density at radius 3 is 2.36 bits per heavy atom. The van der Waals surface area contributed by atoms with Crippen LogP contribution in [0.4, 0.5) is 0 Å². The van der Waals surface area contributed by atoms with Crippen LogP contribution in [-0.2, 0) is 9.59 Å². The Morgan fingerprint density at radius 1 is 1.55 bits per heavy atom. The molecular weight excluding hydrogens is 146 g/mol. The molecule has 0 bridgehead atoms. The van der Waals surface area contributed by atoms with Crippen molar-refractivity contribution in [1.29, 1.82) is 0 Å². The van der Waals surface area contributed by atoms with Crippen molar-refractivity contribution in [3.63, 3.8) is 0 Å². The fourth-order valence-corrected chi connectivity index (χ4v) is 0.616. The van der Waals surface area contributed by atoms with Gasteiger partial charge in [0.05, 0.1) is 0 Å². The van der Waals surface area contributed by atoms with Crippen LogP contribution in [-0.4, -0.2) is 24.0 Å². The molecule has 0 fully saturated rings. The van der Waals surface area contributed by atoms with Crippen molar-refractivity contribution >= 4 is 11.9 Å². The van der Waals surface area contributed by atoms with Crippen molar-refractivity contribution in [3.05, 3.63) is 11.6 Å². The lowest BCUT2D eigenvalue weighted by Gasteiger charge is -1.98. The lowest BCUT2D eigenvalue weighted by molar-refractivity contribution is -0.134. The third-order valence-electron chi connectivity index (χ3n) is 1.11. The molecule has 0 unspecified atom stereocenters. The normalized spacial score (nSPS) is 10.9. The fourth-order valence-electron chi connectivity index (χ4n) is 0.616. The molecule has 0 spiro atoms. The Hall–Kier alpha value is -1.32. The topological polar surface area (TPSA) is 66.4 Å². The van der Waals surface area contributed by atoms with Gasteiger partial charge in [0.1, 0.15) is 5.57 Å². The third-order valence-corrected chi connectivity index (χ3v) is 1.11. The average molecular weight is 157 g/mol. The predicted octanol–water partition coefficient (Wildman–Crippen LogP) is 0.153. The van der Waals surface area contributed by atoms with Gasteiger partial charge >= 0.3 is 5.97 Å². The van der Waals surface area contributed by atoms with E-state index >= 15 is 0 Å².